The van der Waals surface area contributed by atoms with E-state index in [4.69, 9.17) is 6.42 Å². The molecule has 0 aliphatic carbocycles. The van der Waals surface area contributed by atoms with Gasteiger partial charge in [0.25, 0.3) is 5.91 Å². The first-order valence-corrected chi connectivity index (χ1v) is 4.34. The number of hydrogen-bond acceptors (Lipinski definition) is 1. The van der Waals surface area contributed by atoms with Crippen LogP contribution in [0.25, 0.3) is 0 Å². The van der Waals surface area contributed by atoms with Crippen LogP contribution in [0.4, 0.5) is 5.69 Å². The highest BCUT2D eigenvalue weighted by atomic mass is 127. The van der Waals surface area contributed by atoms with Crippen LogP contribution >= 0.6 is 22.6 Å². The van der Waals surface area contributed by atoms with E-state index < -0.39 is 5.91 Å². The molecule has 1 rings (SSSR count). The Hall–Kier alpha value is -1.02. The molecule has 0 radical (unpaired) electrons. The molecule has 1 aromatic carbocycles. The molecule has 0 fully saturated rings. The molecule has 0 bridgehead atoms. The smallest absolute Gasteiger partial charge is 0.300 e. The molecule has 0 aromatic heterocycles. The van der Waals surface area contributed by atoms with Crippen molar-refractivity contribution in [3.8, 4) is 12.3 Å². The lowest BCUT2D eigenvalue weighted by Gasteiger charge is -2.02. The Morgan fingerprint density at radius 2 is 2.17 bits per heavy atom. The van der Waals surface area contributed by atoms with Crippen LogP contribution in [0.3, 0.4) is 0 Å². The molecule has 0 aliphatic rings. The molecule has 0 saturated heterocycles. The summed E-state index contributed by atoms with van der Waals surface area (Å²) in [5.74, 6) is 1.57. The van der Waals surface area contributed by atoms with Crippen molar-refractivity contribution in [2.45, 2.75) is 0 Å². The molecular weight excluding hydrogens is 265 g/mol. The van der Waals surface area contributed by atoms with Crippen molar-refractivity contribution in [3.63, 3.8) is 0 Å². The molecule has 60 valence electrons. The van der Waals surface area contributed by atoms with Gasteiger partial charge in [0.2, 0.25) is 0 Å². The maximum absolute atomic E-state index is 10.8. The number of para-hydroxylation sites is 1. The molecular formula is C9H6INO. The van der Waals surface area contributed by atoms with E-state index in [2.05, 4.69) is 27.9 Å². The predicted octanol–water partition coefficient (Wildman–Crippen LogP) is 1.86. The number of amides is 1. The van der Waals surface area contributed by atoms with Gasteiger partial charge >= 0.3 is 0 Å². The van der Waals surface area contributed by atoms with Crippen LogP contribution in [0, 0.1) is 15.9 Å². The fraction of sp³-hybridized carbons (Fsp3) is 0. The molecule has 0 aliphatic heterocycles. The summed E-state index contributed by atoms with van der Waals surface area (Å²) in [4.78, 5) is 10.8. The third-order valence-electron chi connectivity index (χ3n) is 1.25. The second-order valence-electron chi connectivity index (χ2n) is 2.08. The number of benzene rings is 1. The second kappa shape index (κ2) is 4.12. The van der Waals surface area contributed by atoms with Crippen LogP contribution < -0.4 is 5.32 Å². The maximum atomic E-state index is 10.8. The summed E-state index contributed by atoms with van der Waals surface area (Å²) < 4.78 is 0.971. The van der Waals surface area contributed by atoms with Gasteiger partial charge in [0, 0.05) is 3.57 Å². The first-order valence-electron chi connectivity index (χ1n) is 3.26. The second-order valence-corrected chi connectivity index (χ2v) is 3.24. The predicted molar refractivity (Wildman–Crippen MR) is 56.6 cm³/mol. The van der Waals surface area contributed by atoms with Crippen molar-refractivity contribution < 1.29 is 4.79 Å². The normalized spacial score (nSPS) is 8.67. The average molecular weight is 271 g/mol. The van der Waals surface area contributed by atoms with Crippen LogP contribution in [0.2, 0.25) is 0 Å². The fourth-order valence-corrected chi connectivity index (χ4v) is 1.24. The van der Waals surface area contributed by atoms with Crippen molar-refractivity contribution in [1.82, 2.24) is 0 Å². The Kier molecular flexibility index (Phi) is 3.11. The van der Waals surface area contributed by atoms with E-state index in [9.17, 15) is 4.79 Å². The quantitative estimate of drug-likeness (QED) is 0.613. The minimum atomic E-state index is -0.417. The SMILES string of the molecule is C#CC(=O)Nc1ccccc1I. The first-order chi connectivity index (χ1) is 5.74. The molecule has 2 nitrogen and oxygen atoms in total. The van der Waals surface area contributed by atoms with Gasteiger partial charge < -0.3 is 5.32 Å². The molecule has 1 aromatic rings. The Morgan fingerprint density at radius 3 is 2.75 bits per heavy atom. The van der Waals surface area contributed by atoms with E-state index >= 15 is 0 Å². The zero-order chi connectivity index (χ0) is 8.97. The Bertz CT molecular complexity index is 341. The molecule has 0 unspecified atom stereocenters. The van der Waals surface area contributed by atoms with Crippen LogP contribution in [0.1, 0.15) is 0 Å². The van der Waals surface area contributed by atoms with E-state index in [1.807, 2.05) is 24.1 Å². The van der Waals surface area contributed by atoms with Gasteiger partial charge in [-0.3, -0.25) is 4.79 Å². The van der Waals surface area contributed by atoms with Gasteiger partial charge in [-0.05, 0) is 40.6 Å². The largest absolute Gasteiger partial charge is 0.314 e. The minimum absolute atomic E-state index is 0.417. The zero-order valence-electron chi connectivity index (χ0n) is 6.17. The van der Waals surface area contributed by atoms with Gasteiger partial charge in [0.05, 0.1) is 5.69 Å². The molecule has 0 saturated carbocycles. The number of halogens is 1. The summed E-state index contributed by atoms with van der Waals surface area (Å²) in [6.07, 6.45) is 4.91. The topological polar surface area (TPSA) is 29.1 Å². The summed E-state index contributed by atoms with van der Waals surface area (Å²) in [5, 5.41) is 2.58. The lowest BCUT2D eigenvalue weighted by molar-refractivity contribution is -0.111. The highest BCUT2D eigenvalue weighted by Crippen LogP contribution is 2.16. The molecule has 3 heteroatoms. The lowest BCUT2D eigenvalue weighted by atomic mass is 10.3. The Labute approximate surface area is 84.5 Å². The van der Waals surface area contributed by atoms with Crippen molar-refractivity contribution in [2.75, 3.05) is 5.32 Å². The van der Waals surface area contributed by atoms with Gasteiger partial charge in [0.1, 0.15) is 0 Å². The number of anilines is 1. The number of carbonyl (C=O) groups is 1. The first kappa shape index (κ1) is 9.07. The highest BCUT2D eigenvalue weighted by molar-refractivity contribution is 14.1. The number of nitrogens with one attached hydrogen (secondary N) is 1. The van der Waals surface area contributed by atoms with E-state index in [0.717, 1.165) is 9.26 Å². The Balaban J connectivity index is 2.84. The molecule has 0 atom stereocenters. The fourth-order valence-electron chi connectivity index (χ4n) is 0.721. The average Bonchev–Trinajstić information content (AvgIpc) is 2.09. The summed E-state index contributed by atoms with van der Waals surface area (Å²) in [6.45, 7) is 0. The van der Waals surface area contributed by atoms with Crippen molar-refractivity contribution in [3.05, 3.63) is 27.8 Å². The number of carbonyl (C=O) groups excluding carboxylic acids is 1. The summed E-state index contributed by atoms with van der Waals surface area (Å²) in [5.41, 5.74) is 0.751. The van der Waals surface area contributed by atoms with Crippen LogP contribution in [-0.4, -0.2) is 5.91 Å². The zero-order valence-corrected chi connectivity index (χ0v) is 8.33. The standard InChI is InChI=1S/C9H6INO/c1-2-9(12)11-8-6-4-3-5-7(8)10/h1,3-6H,(H,11,12). The summed E-state index contributed by atoms with van der Waals surface area (Å²) in [6, 6.07) is 7.44. The van der Waals surface area contributed by atoms with Crippen LogP contribution in [0.5, 0.6) is 0 Å². The molecule has 1 N–H and O–H groups in total. The van der Waals surface area contributed by atoms with E-state index in [1.165, 1.54) is 0 Å². The van der Waals surface area contributed by atoms with E-state index in [0.29, 0.717) is 0 Å². The summed E-state index contributed by atoms with van der Waals surface area (Å²) >= 11 is 2.13. The molecule has 12 heavy (non-hydrogen) atoms. The van der Waals surface area contributed by atoms with Gasteiger partial charge in [-0.25, -0.2) is 0 Å². The van der Waals surface area contributed by atoms with Crippen molar-refractivity contribution in [1.29, 1.82) is 0 Å². The Morgan fingerprint density at radius 1 is 1.50 bits per heavy atom. The molecule has 0 heterocycles. The van der Waals surface area contributed by atoms with Crippen LogP contribution in [-0.2, 0) is 4.79 Å². The van der Waals surface area contributed by atoms with Crippen molar-refractivity contribution in [2.24, 2.45) is 0 Å². The van der Waals surface area contributed by atoms with Gasteiger partial charge in [-0.1, -0.05) is 12.1 Å². The molecule has 1 amide bonds. The third kappa shape index (κ3) is 2.24. The minimum Gasteiger partial charge on any atom is -0.314 e. The molecule has 0 spiro atoms. The van der Waals surface area contributed by atoms with E-state index in [1.54, 1.807) is 6.07 Å². The maximum Gasteiger partial charge on any atom is 0.300 e. The lowest BCUT2D eigenvalue weighted by Crippen LogP contribution is -2.08. The van der Waals surface area contributed by atoms with Crippen LogP contribution in [0.15, 0.2) is 24.3 Å². The van der Waals surface area contributed by atoms with Gasteiger partial charge in [-0.15, -0.1) is 6.42 Å². The van der Waals surface area contributed by atoms with E-state index in [-0.39, 0.29) is 0 Å². The summed E-state index contributed by atoms with van der Waals surface area (Å²) in [7, 11) is 0. The number of rotatable bonds is 1. The monoisotopic (exact) mass is 271 g/mol. The van der Waals surface area contributed by atoms with Gasteiger partial charge in [-0.2, -0.15) is 0 Å². The third-order valence-corrected chi connectivity index (χ3v) is 2.19. The van der Waals surface area contributed by atoms with Crippen molar-refractivity contribution >= 4 is 34.2 Å². The highest BCUT2D eigenvalue weighted by Gasteiger charge is 1.99. The number of hydrogen-bond donors (Lipinski definition) is 1. The van der Waals surface area contributed by atoms with Gasteiger partial charge in [0.15, 0.2) is 0 Å². The number of terminal acetylenes is 1.